The van der Waals surface area contributed by atoms with Crippen molar-refractivity contribution in [2.75, 3.05) is 6.79 Å². The number of rotatable bonds is 7. The molecule has 0 aliphatic carbocycles. The molecule has 0 atom stereocenters. The summed E-state index contributed by atoms with van der Waals surface area (Å²) < 4.78 is 14.1. The molecule has 0 spiro atoms. The molecule has 34 heavy (non-hydrogen) atoms. The smallest absolute Gasteiger partial charge is 0.273 e. The average Bonchev–Trinajstić information content (AvgIpc) is 3.46. The number of carbonyl (C=O) groups is 1. The number of hydrogen-bond donors (Lipinski definition) is 1. The number of carbonyl (C=O) groups excluding carboxylic acids is 1. The number of hydrogen-bond acceptors (Lipinski definition) is 6. The Morgan fingerprint density at radius 1 is 1.12 bits per heavy atom. The second kappa shape index (κ2) is 9.01. The molecule has 2 aromatic heterocycles. The lowest BCUT2D eigenvalue weighted by molar-refractivity contribution is -0.121. The van der Waals surface area contributed by atoms with Gasteiger partial charge in [-0.25, -0.2) is 9.67 Å². The van der Waals surface area contributed by atoms with Crippen molar-refractivity contribution in [1.29, 1.82) is 0 Å². The highest BCUT2D eigenvalue weighted by atomic mass is 16.7. The lowest BCUT2D eigenvalue weighted by Crippen LogP contribution is -2.28. The maximum Gasteiger partial charge on any atom is 0.273 e. The first-order valence-corrected chi connectivity index (χ1v) is 11.2. The van der Waals surface area contributed by atoms with Crippen LogP contribution < -0.4 is 20.3 Å². The molecule has 9 nitrogen and oxygen atoms in total. The van der Waals surface area contributed by atoms with Crippen molar-refractivity contribution in [2.45, 2.75) is 39.8 Å². The van der Waals surface area contributed by atoms with E-state index in [0.29, 0.717) is 41.4 Å². The van der Waals surface area contributed by atoms with E-state index in [1.165, 1.54) is 0 Å². The van der Waals surface area contributed by atoms with Gasteiger partial charge in [-0.2, -0.15) is 5.10 Å². The zero-order valence-corrected chi connectivity index (χ0v) is 19.1. The molecule has 0 saturated carbocycles. The van der Waals surface area contributed by atoms with Crippen molar-refractivity contribution in [1.82, 2.24) is 24.6 Å². The number of fused-ring (bicyclic) bond motifs is 2. The molecular formula is C25H25N5O4. The molecular weight excluding hydrogens is 434 g/mol. The molecule has 3 heterocycles. The van der Waals surface area contributed by atoms with Gasteiger partial charge < -0.3 is 14.8 Å². The Labute approximate surface area is 195 Å². The normalized spacial score (nSPS) is 12.3. The van der Waals surface area contributed by atoms with E-state index in [2.05, 4.69) is 15.4 Å². The van der Waals surface area contributed by atoms with E-state index in [1.807, 2.05) is 62.4 Å². The standard InChI is InChI=1S/C25H25N5O4/c1-3-29-24-23(16(2)28-30(24)18-7-5-4-6-8-18)27-19(25(29)32)10-12-22(31)26-14-17-9-11-20-21(13-17)34-15-33-20/h4-9,11,13H,3,10,12,14-15H2,1-2H3,(H,26,31). The van der Waals surface area contributed by atoms with Gasteiger partial charge in [0.25, 0.3) is 5.56 Å². The van der Waals surface area contributed by atoms with Crippen LogP contribution in [-0.4, -0.2) is 32.0 Å². The lowest BCUT2D eigenvalue weighted by atomic mass is 10.2. The maximum absolute atomic E-state index is 13.2. The summed E-state index contributed by atoms with van der Waals surface area (Å²) in [4.78, 5) is 30.3. The Morgan fingerprint density at radius 3 is 2.71 bits per heavy atom. The summed E-state index contributed by atoms with van der Waals surface area (Å²) in [6.07, 6.45) is 0.408. The van der Waals surface area contributed by atoms with Gasteiger partial charge in [-0.15, -0.1) is 0 Å². The highest BCUT2D eigenvalue weighted by molar-refractivity contribution is 5.77. The predicted molar refractivity (Wildman–Crippen MR) is 126 cm³/mol. The Morgan fingerprint density at radius 2 is 1.91 bits per heavy atom. The van der Waals surface area contributed by atoms with Crippen LogP contribution in [0.2, 0.25) is 0 Å². The lowest BCUT2D eigenvalue weighted by Gasteiger charge is -2.11. The van der Waals surface area contributed by atoms with E-state index < -0.39 is 0 Å². The van der Waals surface area contributed by atoms with Gasteiger partial charge in [-0.05, 0) is 43.7 Å². The van der Waals surface area contributed by atoms with Crippen molar-refractivity contribution in [3.05, 3.63) is 75.8 Å². The summed E-state index contributed by atoms with van der Waals surface area (Å²) in [5.74, 6) is 1.23. The van der Waals surface area contributed by atoms with Crippen LogP contribution in [0.25, 0.3) is 16.9 Å². The topological polar surface area (TPSA) is 100 Å². The SMILES string of the molecule is CCn1c(=O)c(CCC(=O)NCc2ccc3c(c2)OCO3)nc2c(C)nn(-c3ccccc3)c21. The molecule has 1 N–H and O–H groups in total. The fourth-order valence-electron chi connectivity index (χ4n) is 4.09. The molecule has 5 rings (SSSR count). The molecule has 4 aromatic rings. The molecule has 0 fully saturated rings. The van der Waals surface area contributed by atoms with Crippen LogP contribution in [0.4, 0.5) is 0 Å². The Bertz CT molecular complexity index is 1430. The van der Waals surface area contributed by atoms with E-state index >= 15 is 0 Å². The minimum atomic E-state index is -0.198. The Hall–Kier alpha value is -4.14. The predicted octanol–water partition coefficient (Wildman–Crippen LogP) is 2.89. The molecule has 0 unspecified atom stereocenters. The molecule has 1 aliphatic heterocycles. The van der Waals surface area contributed by atoms with Gasteiger partial charge in [0.1, 0.15) is 11.2 Å². The second-order valence-corrected chi connectivity index (χ2v) is 8.08. The first-order chi connectivity index (χ1) is 16.5. The maximum atomic E-state index is 13.2. The van der Waals surface area contributed by atoms with E-state index in [1.54, 1.807) is 9.25 Å². The number of nitrogens with zero attached hydrogens (tertiary/aromatic N) is 4. The quantitative estimate of drug-likeness (QED) is 0.456. The minimum absolute atomic E-state index is 0.154. The molecule has 1 amide bonds. The third-order valence-electron chi connectivity index (χ3n) is 5.83. The number of para-hydroxylation sites is 1. The minimum Gasteiger partial charge on any atom is -0.454 e. The van der Waals surface area contributed by atoms with Crippen LogP contribution in [0.5, 0.6) is 11.5 Å². The summed E-state index contributed by atoms with van der Waals surface area (Å²) in [7, 11) is 0. The van der Waals surface area contributed by atoms with Crippen molar-refractivity contribution in [2.24, 2.45) is 0 Å². The summed E-state index contributed by atoms with van der Waals surface area (Å²) in [5, 5.41) is 7.52. The van der Waals surface area contributed by atoms with Crippen LogP contribution in [0.3, 0.4) is 0 Å². The molecule has 0 saturated heterocycles. The summed E-state index contributed by atoms with van der Waals surface area (Å²) in [6, 6.07) is 15.2. The van der Waals surface area contributed by atoms with Gasteiger partial charge >= 0.3 is 0 Å². The number of ether oxygens (including phenoxy) is 2. The third-order valence-corrected chi connectivity index (χ3v) is 5.83. The van der Waals surface area contributed by atoms with Gasteiger partial charge in [-0.1, -0.05) is 24.3 Å². The summed E-state index contributed by atoms with van der Waals surface area (Å²) in [6.45, 7) is 4.84. The molecule has 174 valence electrons. The van der Waals surface area contributed by atoms with E-state index in [-0.39, 0.29) is 31.1 Å². The Kier molecular flexibility index (Phi) is 5.75. The number of nitrogens with one attached hydrogen (secondary N) is 1. The number of benzene rings is 2. The molecule has 9 heteroatoms. The van der Waals surface area contributed by atoms with Crippen molar-refractivity contribution < 1.29 is 14.3 Å². The number of aryl methyl sites for hydroxylation is 3. The zero-order chi connectivity index (χ0) is 23.7. The van der Waals surface area contributed by atoms with Crippen LogP contribution in [0, 0.1) is 6.92 Å². The first-order valence-electron chi connectivity index (χ1n) is 11.2. The van der Waals surface area contributed by atoms with Gasteiger partial charge in [0.2, 0.25) is 12.7 Å². The van der Waals surface area contributed by atoms with Crippen molar-refractivity contribution in [3.8, 4) is 17.2 Å². The molecule has 0 bridgehead atoms. The highest BCUT2D eigenvalue weighted by Gasteiger charge is 2.19. The summed E-state index contributed by atoms with van der Waals surface area (Å²) in [5.41, 5.74) is 4.00. The summed E-state index contributed by atoms with van der Waals surface area (Å²) >= 11 is 0. The Balaban J connectivity index is 1.34. The van der Waals surface area contributed by atoms with E-state index in [0.717, 1.165) is 16.9 Å². The van der Waals surface area contributed by atoms with Crippen LogP contribution >= 0.6 is 0 Å². The van der Waals surface area contributed by atoms with E-state index in [9.17, 15) is 9.59 Å². The largest absolute Gasteiger partial charge is 0.454 e. The highest BCUT2D eigenvalue weighted by Crippen LogP contribution is 2.32. The molecule has 0 radical (unpaired) electrons. The molecule has 1 aliphatic rings. The van der Waals surface area contributed by atoms with Gasteiger partial charge in [-0.3, -0.25) is 14.2 Å². The van der Waals surface area contributed by atoms with Crippen molar-refractivity contribution >= 4 is 17.1 Å². The van der Waals surface area contributed by atoms with Gasteiger partial charge in [0, 0.05) is 25.9 Å². The fourth-order valence-corrected chi connectivity index (χ4v) is 4.09. The van der Waals surface area contributed by atoms with Crippen LogP contribution in [0.15, 0.2) is 53.3 Å². The van der Waals surface area contributed by atoms with Crippen LogP contribution in [-0.2, 0) is 24.3 Å². The van der Waals surface area contributed by atoms with E-state index in [4.69, 9.17) is 9.47 Å². The molecule has 2 aromatic carbocycles. The van der Waals surface area contributed by atoms with Gasteiger partial charge in [0.15, 0.2) is 17.1 Å². The average molecular weight is 460 g/mol. The third kappa shape index (κ3) is 4.00. The van der Waals surface area contributed by atoms with Crippen LogP contribution in [0.1, 0.15) is 30.3 Å². The van der Waals surface area contributed by atoms with Crippen molar-refractivity contribution in [3.63, 3.8) is 0 Å². The fraction of sp³-hybridized carbons (Fsp3) is 0.280. The first kappa shape index (κ1) is 21.7. The number of aromatic nitrogens is 4. The second-order valence-electron chi connectivity index (χ2n) is 8.08. The van der Waals surface area contributed by atoms with Gasteiger partial charge in [0.05, 0.1) is 11.4 Å². The number of amides is 1. The monoisotopic (exact) mass is 459 g/mol. The zero-order valence-electron chi connectivity index (χ0n) is 19.1.